The Morgan fingerprint density at radius 2 is 1.79 bits per heavy atom. The zero-order valence-electron chi connectivity index (χ0n) is 17.4. The maximum absolute atomic E-state index is 12.5. The molecule has 0 spiro atoms. The first-order chi connectivity index (χ1) is 15.6. The molecule has 0 aromatic heterocycles. The van der Waals surface area contributed by atoms with Crippen molar-refractivity contribution in [2.24, 2.45) is 16.5 Å². The second-order valence-corrected chi connectivity index (χ2v) is 6.61. The van der Waals surface area contributed by atoms with Crippen molar-refractivity contribution in [1.29, 1.82) is 0 Å². The first kappa shape index (κ1) is 26.6. The summed E-state index contributed by atoms with van der Waals surface area (Å²) in [7, 11) is 0. The molecule has 1 aromatic carbocycles. The molecule has 180 valence electrons. The van der Waals surface area contributed by atoms with Crippen molar-refractivity contribution in [2.75, 3.05) is 6.54 Å². The molecule has 0 fully saturated rings. The fraction of sp³-hybridized carbons (Fsp3) is 0.389. The molecule has 0 radical (unpaired) electrons. The van der Waals surface area contributed by atoms with Crippen LogP contribution >= 0.6 is 0 Å². The van der Waals surface area contributed by atoms with Crippen molar-refractivity contribution < 1.29 is 34.1 Å². The number of ether oxygens (including phenoxy) is 1. The predicted octanol–water partition coefficient (Wildman–Crippen LogP) is -1.40. The maximum Gasteiger partial charge on any atom is 0.408 e. The van der Waals surface area contributed by atoms with E-state index in [1.165, 1.54) is 0 Å². The normalized spacial score (nSPS) is 12.7. The Labute approximate surface area is 187 Å². The van der Waals surface area contributed by atoms with Gasteiger partial charge in [0, 0.05) is 6.54 Å². The Kier molecular flexibility index (Phi) is 11.1. The molecule has 1 rings (SSSR count). The molecule has 0 saturated carbocycles. The van der Waals surface area contributed by atoms with Crippen LogP contribution in [0.2, 0.25) is 0 Å². The first-order valence-electron chi connectivity index (χ1n) is 9.58. The summed E-state index contributed by atoms with van der Waals surface area (Å²) in [5.74, 6) is -3.71. The summed E-state index contributed by atoms with van der Waals surface area (Å²) in [6.45, 7) is -0.147. The van der Waals surface area contributed by atoms with E-state index in [1.54, 1.807) is 35.8 Å². The van der Waals surface area contributed by atoms with E-state index >= 15 is 0 Å². The quantitative estimate of drug-likeness (QED) is 0.0651. The molecule has 0 bridgehead atoms. The van der Waals surface area contributed by atoms with Crippen molar-refractivity contribution in [3.8, 4) is 0 Å². The summed E-state index contributed by atoms with van der Waals surface area (Å²) >= 11 is 0. The topological polar surface area (TPSA) is 241 Å². The van der Waals surface area contributed by atoms with E-state index in [0.717, 1.165) is 0 Å². The number of guanidine groups is 1. The van der Waals surface area contributed by atoms with Crippen molar-refractivity contribution >= 4 is 29.8 Å². The summed E-state index contributed by atoms with van der Waals surface area (Å²) in [6, 6.07) is 5.82. The molecule has 0 unspecified atom stereocenters. The van der Waals surface area contributed by atoms with Gasteiger partial charge >= 0.3 is 12.1 Å². The molecule has 15 nitrogen and oxygen atoms in total. The van der Waals surface area contributed by atoms with Gasteiger partial charge in [-0.1, -0.05) is 35.8 Å². The third-order valence-corrected chi connectivity index (χ3v) is 3.98. The van der Waals surface area contributed by atoms with Gasteiger partial charge in [0.05, 0.1) is 6.42 Å². The number of rotatable bonds is 13. The molecule has 1 aromatic rings. The lowest BCUT2D eigenvalue weighted by atomic mass is 10.1. The van der Waals surface area contributed by atoms with Crippen LogP contribution < -0.4 is 27.5 Å². The zero-order chi connectivity index (χ0) is 24.8. The number of benzene rings is 1. The molecule has 3 amide bonds. The van der Waals surface area contributed by atoms with Crippen LogP contribution in [-0.4, -0.2) is 58.6 Å². The van der Waals surface area contributed by atoms with Crippen LogP contribution in [0.4, 0.5) is 4.79 Å². The number of aliphatic carboxylic acids is 1. The molecule has 0 heterocycles. The molecule has 0 aliphatic carbocycles. The largest absolute Gasteiger partial charge is 0.480 e. The van der Waals surface area contributed by atoms with Gasteiger partial charge in [-0.05, 0) is 18.4 Å². The number of hydrogen-bond donors (Lipinski definition) is 6. The van der Waals surface area contributed by atoms with Gasteiger partial charge in [-0.3, -0.25) is 9.59 Å². The minimum atomic E-state index is -1.47. The van der Waals surface area contributed by atoms with Crippen molar-refractivity contribution in [1.82, 2.24) is 16.1 Å². The molecular formula is C18H25N7O8. The van der Waals surface area contributed by atoms with E-state index in [4.69, 9.17) is 16.2 Å². The number of hydrogen-bond acceptors (Lipinski definition) is 8. The standard InChI is InChI=1S/C18H25N7O8/c19-14(26)9-13(23-18(30)33-10-11-5-2-1-3-6-11)15(27)22-12(16(28)29)7-4-8-21-17(20)24-25(31)32/h1-3,5-6,12-13H,4,7-10H2,(H2,19,26)(H,22,27)(H,23,30)(H,28,29)(H3,20,21,24)/t12-,13-/m0/s1. The van der Waals surface area contributed by atoms with Crippen molar-refractivity contribution in [2.45, 2.75) is 38.0 Å². The number of carbonyl (C=O) groups excluding carboxylic acids is 3. The van der Waals surface area contributed by atoms with Crippen LogP contribution in [-0.2, 0) is 25.7 Å². The predicted molar refractivity (Wildman–Crippen MR) is 113 cm³/mol. The van der Waals surface area contributed by atoms with Crippen LogP contribution in [0.25, 0.3) is 0 Å². The lowest BCUT2D eigenvalue weighted by Gasteiger charge is -2.20. The Bertz CT molecular complexity index is 878. The lowest BCUT2D eigenvalue weighted by Crippen LogP contribution is -2.52. The highest BCUT2D eigenvalue weighted by Crippen LogP contribution is 2.03. The lowest BCUT2D eigenvalue weighted by molar-refractivity contribution is -0.525. The second kappa shape index (κ2) is 13.8. The highest BCUT2D eigenvalue weighted by molar-refractivity contribution is 5.92. The van der Waals surface area contributed by atoms with Crippen LogP contribution in [0, 0.1) is 10.1 Å². The van der Waals surface area contributed by atoms with E-state index in [-0.39, 0.29) is 26.0 Å². The van der Waals surface area contributed by atoms with Gasteiger partial charge < -0.3 is 31.9 Å². The highest BCUT2D eigenvalue weighted by Gasteiger charge is 2.28. The van der Waals surface area contributed by atoms with Gasteiger partial charge in [-0.15, -0.1) is 0 Å². The molecule has 15 heteroatoms. The number of carbonyl (C=O) groups is 4. The summed E-state index contributed by atoms with van der Waals surface area (Å²) in [6.07, 6.45) is -1.61. The van der Waals surface area contributed by atoms with Crippen LogP contribution in [0.1, 0.15) is 24.8 Å². The fourth-order valence-corrected chi connectivity index (χ4v) is 2.47. The minimum Gasteiger partial charge on any atom is -0.480 e. The number of nitrogens with zero attached hydrogens (tertiary/aromatic N) is 2. The van der Waals surface area contributed by atoms with Gasteiger partial charge in [0.15, 0.2) is 5.03 Å². The smallest absolute Gasteiger partial charge is 0.408 e. The molecule has 2 atom stereocenters. The third kappa shape index (κ3) is 11.5. The summed E-state index contributed by atoms with van der Waals surface area (Å²) in [5, 5.41) is 23.0. The van der Waals surface area contributed by atoms with Gasteiger partial charge in [0.1, 0.15) is 18.7 Å². The molecule has 8 N–H and O–H groups in total. The number of nitro groups is 1. The average Bonchev–Trinajstić information content (AvgIpc) is 2.73. The number of primary amides is 1. The fourth-order valence-electron chi connectivity index (χ4n) is 2.47. The van der Waals surface area contributed by atoms with Crippen molar-refractivity contribution in [3.05, 3.63) is 46.0 Å². The third-order valence-electron chi connectivity index (χ3n) is 3.98. The minimum absolute atomic E-state index is 0.0545. The Hall–Kier alpha value is -4.43. The summed E-state index contributed by atoms with van der Waals surface area (Å²) in [4.78, 5) is 61.1. The first-order valence-corrected chi connectivity index (χ1v) is 9.58. The van der Waals surface area contributed by atoms with E-state index in [2.05, 4.69) is 15.6 Å². The monoisotopic (exact) mass is 467 g/mol. The second-order valence-electron chi connectivity index (χ2n) is 6.61. The zero-order valence-corrected chi connectivity index (χ0v) is 17.4. The van der Waals surface area contributed by atoms with Crippen LogP contribution in [0.15, 0.2) is 35.3 Å². The van der Waals surface area contributed by atoms with Crippen molar-refractivity contribution in [3.63, 3.8) is 0 Å². The number of hydrazine groups is 1. The number of aliphatic imine (C=N–C) groups is 1. The van der Waals surface area contributed by atoms with Gasteiger partial charge in [0.2, 0.25) is 11.8 Å². The summed E-state index contributed by atoms with van der Waals surface area (Å²) in [5.41, 5.74) is 12.7. The van der Waals surface area contributed by atoms with Crippen LogP contribution in [0.5, 0.6) is 0 Å². The van der Waals surface area contributed by atoms with Gasteiger partial charge in [-0.25, -0.2) is 24.7 Å². The van der Waals surface area contributed by atoms with E-state index in [9.17, 15) is 34.4 Å². The number of nitrogens with one attached hydrogen (secondary N) is 3. The van der Waals surface area contributed by atoms with Gasteiger partial charge in [-0.2, -0.15) is 0 Å². The van der Waals surface area contributed by atoms with E-state index in [0.29, 0.717) is 5.56 Å². The Balaban J connectivity index is 2.65. The molecule has 0 saturated heterocycles. The van der Waals surface area contributed by atoms with E-state index < -0.39 is 53.4 Å². The number of alkyl carbamates (subject to hydrolysis) is 1. The maximum atomic E-state index is 12.5. The number of carboxylic acid groups (broad SMARTS) is 1. The van der Waals surface area contributed by atoms with Crippen LogP contribution in [0.3, 0.4) is 0 Å². The Morgan fingerprint density at radius 3 is 2.36 bits per heavy atom. The highest BCUT2D eigenvalue weighted by atomic mass is 16.7. The number of amides is 3. The molecular weight excluding hydrogens is 442 g/mol. The SMILES string of the molecule is NC(=O)C[C@H](NC(=O)OCc1ccccc1)C(=O)N[C@@H](CCCN=C(N)N[N+](=O)[O-])C(=O)O. The van der Waals surface area contributed by atoms with Gasteiger partial charge in [0.25, 0.3) is 5.96 Å². The number of carboxylic acids is 1. The molecule has 33 heavy (non-hydrogen) atoms. The average molecular weight is 467 g/mol. The van der Waals surface area contributed by atoms with E-state index in [1.807, 2.05) is 0 Å². The number of nitrogens with two attached hydrogens (primary N) is 2. The Morgan fingerprint density at radius 1 is 1.12 bits per heavy atom. The summed E-state index contributed by atoms with van der Waals surface area (Å²) < 4.78 is 4.99. The molecule has 0 aliphatic rings. The molecule has 0 aliphatic heterocycles.